The van der Waals surface area contributed by atoms with E-state index in [-0.39, 0.29) is 10.6 Å². The Morgan fingerprint density at radius 2 is 1.62 bits per heavy atom. The Morgan fingerprint density at radius 3 is 2.31 bits per heavy atom. The van der Waals surface area contributed by atoms with Gasteiger partial charge in [0, 0.05) is 5.56 Å². The summed E-state index contributed by atoms with van der Waals surface area (Å²) in [5.41, 5.74) is 2.35. The zero-order chi connectivity index (χ0) is 18.4. The van der Waals surface area contributed by atoms with Gasteiger partial charge in [0.05, 0.1) is 16.1 Å². The summed E-state index contributed by atoms with van der Waals surface area (Å²) < 4.78 is 29.0. The molecule has 5 heteroatoms. The van der Waals surface area contributed by atoms with Gasteiger partial charge < -0.3 is 5.11 Å². The first kappa shape index (κ1) is 17.2. The van der Waals surface area contributed by atoms with Gasteiger partial charge in [-0.25, -0.2) is 8.42 Å². The first-order chi connectivity index (χ1) is 12.4. The maximum atomic E-state index is 13.7. The van der Waals surface area contributed by atoms with Gasteiger partial charge in [-0.1, -0.05) is 43.5 Å². The van der Waals surface area contributed by atoms with Crippen molar-refractivity contribution in [2.75, 3.05) is 4.31 Å². The number of benzene rings is 2. The van der Waals surface area contributed by atoms with E-state index in [0.29, 0.717) is 0 Å². The van der Waals surface area contributed by atoms with E-state index < -0.39 is 15.6 Å². The molecule has 1 N–H and O–H groups in total. The minimum absolute atomic E-state index is 0.0612. The molecule has 2 aromatic rings. The number of phenols is 1. The van der Waals surface area contributed by atoms with Crippen LogP contribution in [0.2, 0.25) is 0 Å². The van der Waals surface area contributed by atoms with Gasteiger partial charge in [-0.3, -0.25) is 4.31 Å². The average Bonchev–Trinajstić information content (AvgIpc) is 2.62. The number of sulfonamides is 1. The van der Waals surface area contributed by atoms with Gasteiger partial charge in [-0.05, 0) is 55.7 Å². The number of anilines is 1. The summed E-state index contributed by atoms with van der Waals surface area (Å²) in [5, 5.41) is 9.55. The molecule has 2 aromatic carbocycles. The zero-order valence-electron chi connectivity index (χ0n) is 14.9. The molecule has 136 valence electrons. The SMILES string of the molecule is CC1=CC2(CCCCC2)N(S(=O)(=O)c2ccc(O)cc2)c2ccccc21. The second-order valence-corrected chi connectivity index (χ2v) is 9.06. The normalized spacial score (nSPS) is 19.1. The fourth-order valence-electron chi connectivity index (χ4n) is 4.37. The number of aromatic hydroxyl groups is 1. The Morgan fingerprint density at radius 1 is 0.962 bits per heavy atom. The van der Waals surface area contributed by atoms with Gasteiger partial charge >= 0.3 is 0 Å². The van der Waals surface area contributed by atoms with Crippen molar-refractivity contribution in [2.45, 2.75) is 49.5 Å². The highest BCUT2D eigenvalue weighted by Crippen LogP contribution is 2.48. The van der Waals surface area contributed by atoms with E-state index in [0.717, 1.165) is 48.9 Å². The lowest BCUT2D eigenvalue weighted by Crippen LogP contribution is -2.53. The Hall–Kier alpha value is -2.27. The maximum Gasteiger partial charge on any atom is 0.265 e. The van der Waals surface area contributed by atoms with Gasteiger partial charge in [0.2, 0.25) is 0 Å². The van der Waals surface area contributed by atoms with Crippen LogP contribution in [0.4, 0.5) is 5.69 Å². The molecule has 4 rings (SSSR count). The highest BCUT2D eigenvalue weighted by molar-refractivity contribution is 7.93. The number of hydrogen-bond acceptors (Lipinski definition) is 3. The quantitative estimate of drug-likeness (QED) is 0.834. The van der Waals surface area contributed by atoms with E-state index in [1.54, 1.807) is 4.31 Å². The third-order valence-electron chi connectivity index (χ3n) is 5.53. The van der Waals surface area contributed by atoms with Crippen molar-refractivity contribution in [3.8, 4) is 5.75 Å². The third-order valence-corrected chi connectivity index (χ3v) is 7.44. The fraction of sp³-hybridized carbons (Fsp3) is 0.333. The first-order valence-electron chi connectivity index (χ1n) is 9.07. The Balaban J connectivity index is 1.94. The molecule has 1 fully saturated rings. The summed E-state index contributed by atoms with van der Waals surface area (Å²) in [7, 11) is -3.75. The van der Waals surface area contributed by atoms with Crippen molar-refractivity contribution in [2.24, 2.45) is 0 Å². The van der Waals surface area contributed by atoms with Gasteiger partial charge in [0.25, 0.3) is 10.0 Å². The topological polar surface area (TPSA) is 57.6 Å². The lowest BCUT2D eigenvalue weighted by Gasteiger charge is -2.48. The van der Waals surface area contributed by atoms with Crippen molar-refractivity contribution in [1.82, 2.24) is 0 Å². The van der Waals surface area contributed by atoms with E-state index in [2.05, 4.69) is 13.0 Å². The Bertz CT molecular complexity index is 955. The fourth-order valence-corrected chi connectivity index (χ4v) is 6.19. The molecule has 4 nitrogen and oxygen atoms in total. The molecule has 0 atom stereocenters. The maximum absolute atomic E-state index is 13.7. The van der Waals surface area contributed by atoms with E-state index in [1.807, 2.05) is 24.3 Å². The molecule has 26 heavy (non-hydrogen) atoms. The van der Waals surface area contributed by atoms with Gasteiger partial charge in [0.15, 0.2) is 0 Å². The lowest BCUT2D eigenvalue weighted by atomic mass is 9.77. The minimum atomic E-state index is -3.75. The van der Waals surface area contributed by atoms with Crippen molar-refractivity contribution in [3.63, 3.8) is 0 Å². The van der Waals surface area contributed by atoms with Crippen molar-refractivity contribution in [1.29, 1.82) is 0 Å². The largest absolute Gasteiger partial charge is 0.508 e. The van der Waals surface area contributed by atoms with Crippen LogP contribution in [-0.4, -0.2) is 19.1 Å². The highest BCUT2D eigenvalue weighted by Gasteiger charge is 2.46. The molecule has 0 aromatic heterocycles. The number of allylic oxidation sites excluding steroid dienone is 1. The predicted octanol–water partition coefficient (Wildman–Crippen LogP) is 4.71. The minimum Gasteiger partial charge on any atom is -0.508 e. The molecule has 1 aliphatic heterocycles. The summed E-state index contributed by atoms with van der Waals surface area (Å²) in [4.78, 5) is 0.211. The number of phenolic OH excluding ortho intramolecular Hbond substituents is 1. The predicted molar refractivity (Wildman–Crippen MR) is 104 cm³/mol. The summed E-state index contributed by atoms with van der Waals surface area (Å²) >= 11 is 0. The standard InChI is InChI=1S/C21H23NO3S/c1-16-15-21(13-5-2-6-14-21)22(20-8-4-3-7-19(16)20)26(24,25)18-11-9-17(23)10-12-18/h3-4,7-12,15,23H,2,5-6,13-14H2,1H3. The van der Waals surface area contributed by atoms with E-state index in [1.165, 1.54) is 24.3 Å². The first-order valence-corrected chi connectivity index (χ1v) is 10.5. The van der Waals surface area contributed by atoms with E-state index >= 15 is 0 Å². The molecule has 1 aliphatic carbocycles. The molecular weight excluding hydrogens is 346 g/mol. The molecular formula is C21H23NO3S. The molecule has 1 spiro atoms. The Kier molecular flexibility index (Phi) is 4.07. The molecule has 0 amide bonds. The summed E-state index contributed by atoms with van der Waals surface area (Å²) in [5.74, 6) is 0.0612. The number of rotatable bonds is 2. The van der Waals surface area contributed by atoms with Crippen molar-refractivity contribution >= 4 is 21.3 Å². The van der Waals surface area contributed by atoms with E-state index in [9.17, 15) is 13.5 Å². The van der Waals surface area contributed by atoms with Crippen LogP contribution in [0, 0.1) is 0 Å². The Labute approximate surface area is 154 Å². The summed E-state index contributed by atoms with van der Waals surface area (Å²) in [6, 6.07) is 13.5. The monoisotopic (exact) mass is 369 g/mol. The summed E-state index contributed by atoms with van der Waals surface area (Å²) in [6.45, 7) is 2.07. The second kappa shape index (κ2) is 6.16. The molecule has 0 radical (unpaired) electrons. The number of nitrogens with zero attached hydrogens (tertiary/aromatic N) is 1. The molecule has 0 bridgehead atoms. The van der Waals surface area contributed by atoms with Crippen LogP contribution in [0.3, 0.4) is 0 Å². The van der Waals surface area contributed by atoms with Gasteiger partial charge in [0.1, 0.15) is 5.75 Å². The van der Waals surface area contributed by atoms with Crippen molar-refractivity contribution < 1.29 is 13.5 Å². The average molecular weight is 369 g/mol. The lowest BCUT2D eigenvalue weighted by molar-refractivity contribution is 0.357. The van der Waals surface area contributed by atoms with E-state index in [4.69, 9.17) is 0 Å². The van der Waals surface area contributed by atoms with Crippen LogP contribution < -0.4 is 4.31 Å². The van der Waals surface area contributed by atoms with Crippen LogP contribution in [0.15, 0.2) is 59.5 Å². The van der Waals surface area contributed by atoms with Crippen LogP contribution in [-0.2, 0) is 10.0 Å². The smallest absolute Gasteiger partial charge is 0.265 e. The molecule has 0 unspecified atom stereocenters. The third kappa shape index (κ3) is 2.62. The molecule has 2 aliphatic rings. The van der Waals surface area contributed by atoms with Gasteiger partial charge in [-0.15, -0.1) is 0 Å². The van der Waals surface area contributed by atoms with Crippen LogP contribution in [0.1, 0.15) is 44.6 Å². The number of hydrogen-bond donors (Lipinski definition) is 1. The zero-order valence-corrected chi connectivity index (χ0v) is 15.7. The van der Waals surface area contributed by atoms with Crippen molar-refractivity contribution in [3.05, 3.63) is 60.2 Å². The van der Waals surface area contributed by atoms with Crippen LogP contribution >= 0.6 is 0 Å². The van der Waals surface area contributed by atoms with Crippen LogP contribution in [0.5, 0.6) is 5.75 Å². The molecule has 1 heterocycles. The second-order valence-electron chi connectivity index (χ2n) is 7.27. The number of para-hydroxylation sites is 1. The van der Waals surface area contributed by atoms with Gasteiger partial charge in [-0.2, -0.15) is 0 Å². The summed E-state index contributed by atoms with van der Waals surface area (Å²) in [6.07, 6.45) is 7.00. The number of fused-ring (bicyclic) bond motifs is 1. The highest BCUT2D eigenvalue weighted by atomic mass is 32.2. The molecule has 0 saturated heterocycles. The molecule has 1 saturated carbocycles. The van der Waals surface area contributed by atoms with Crippen LogP contribution in [0.25, 0.3) is 5.57 Å².